The van der Waals surface area contributed by atoms with Crippen LogP contribution < -0.4 is 19.5 Å². The number of amides is 1. The number of nitrogens with zero attached hydrogens (tertiary/aromatic N) is 1. The van der Waals surface area contributed by atoms with Gasteiger partial charge in [0.05, 0.1) is 29.7 Å². The Kier molecular flexibility index (Phi) is 7.31. The molecule has 178 valence electrons. The van der Waals surface area contributed by atoms with Crippen molar-refractivity contribution in [1.29, 1.82) is 0 Å². The van der Waals surface area contributed by atoms with Gasteiger partial charge in [-0.1, -0.05) is 6.07 Å². The zero-order chi connectivity index (χ0) is 24.9. The van der Waals surface area contributed by atoms with E-state index in [9.17, 15) is 27.7 Å². The molecule has 3 aromatic rings. The van der Waals surface area contributed by atoms with E-state index in [1.165, 1.54) is 62.8 Å². The first-order valence-corrected chi connectivity index (χ1v) is 11.2. The summed E-state index contributed by atoms with van der Waals surface area (Å²) >= 11 is 0. The zero-order valence-corrected chi connectivity index (χ0v) is 18.9. The molecule has 0 aliphatic carbocycles. The van der Waals surface area contributed by atoms with Crippen molar-refractivity contribution in [2.75, 3.05) is 18.9 Å². The molecule has 0 spiro atoms. The number of non-ortho nitro benzene ring substituents is 1. The molecule has 0 unspecified atom stereocenters. The minimum absolute atomic E-state index is 0.0495. The third kappa shape index (κ3) is 5.59. The lowest BCUT2D eigenvalue weighted by molar-refractivity contribution is -0.384. The highest BCUT2D eigenvalue weighted by molar-refractivity contribution is 7.92. The Morgan fingerprint density at radius 1 is 1.00 bits per heavy atom. The lowest BCUT2D eigenvalue weighted by Crippen LogP contribution is -2.23. The SMILES string of the molecule is COc1ccc(CNC(=O)c2ccc(S(=O)(=O)Nc3cc([N+](=O)[O-])ccc3OC)cc2)cc1F. The maximum Gasteiger partial charge on any atom is 0.271 e. The van der Waals surface area contributed by atoms with Crippen LogP contribution in [0.15, 0.2) is 65.6 Å². The molecule has 0 radical (unpaired) electrons. The number of carbonyl (C=O) groups is 1. The van der Waals surface area contributed by atoms with Gasteiger partial charge in [0.15, 0.2) is 11.6 Å². The van der Waals surface area contributed by atoms with Gasteiger partial charge < -0.3 is 14.8 Å². The van der Waals surface area contributed by atoms with Gasteiger partial charge in [-0.05, 0) is 48.0 Å². The number of anilines is 1. The Bertz CT molecular complexity index is 1330. The Morgan fingerprint density at radius 2 is 1.65 bits per heavy atom. The molecule has 34 heavy (non-hydrogen) atoms. The monoisotopic (exact) mass is 489 g/mol. The van der Waals surface area contributed by atoms with E-state index in [0.29, 0.717) is 5.56 Å². The molecule has 0 saturated heterocycles. The number of nitro groups is 1. The molecule has 0 fully saturated rings. The van der Waals surface area contributed by atoms with Gasteiger partial charge in [0.2, 0.25) is 0 Å². The third-order valence-corrected chi connectivity index (χ3v) is 6.12. The average molecular weight is 489 g/mol. The summed E-state index contributed by atoms with van der Waals surface area (Å²) in [5.41, 5.74) is 0.273. The van der Waals surface area contributed by atoms with E-state index in [0.717, 1.165) is 6.07 Å². The average Bonchev–Trinajstić information content (AvgIpc) is 2.82. The Morgan fingerprint density at radius 3 is 2.24 bits per heavy atom. The summed E-state index contributed by atoms with van der Waals surface area (Å²) in [4.78, 5) is 22.6. The van der Waals surface area contributed by atoms with Crippen molar-refractivity contribution in [3.8, 4) is 11.5 Å². The molecule has 0 saturated carbocycles. The molecule has 12 heteroatoms. The highest BCUT2D eigenvalue weighted by Crippen LogP contribution is 2.31. The zero-order valence-electron chi connectivity index (χ0n) is 18.1. The summed E-state index contributed by atoms with van der Waals surface area (Å²) in [5, 5.41) is 13.6. The number of nitrogens with one attached hydrogen (secondary N) is 2. The van der Waals surface area contributed by atoms with Crippen LogP contribution in [0.5, 0.6) is 11.5 Å². The van der Waals surface area contributed by atoms with Crippen molar-refractivity contribution in [2.24, 2.45) is 0 Å². The fourth-order valence-corrected chi connectivity index (χ4v) is 4.04. The second-order valence-corrected chi connectivity index (χ2v) is 8.61. The predicted octanol–water partition coefficient (Wildman–Crippen LogP) is 3.48. The summed E-state index contributed by atoms with van der Waals surface area (Å²) in [7, 11) is -1.49. The van der Waals surface area contributed by atoms with Crippen LogP contribution in [0.1, 0.15) is 15.9 Å². The summed E-state index contributed by atoms with van der Waals surface area (Å²) in [6, 6.07) is 12.8. The number of hydrogen-bond donors (Lipinski definition) is 2. The molecule has 0 aromatic heterocycles. The van der Waals surface area contributed by atoms with Gasteiger partial charge in [-0.15, -0.1) is 0 Å². The summed E-state index contributed by atoms with van der Waals surface area (Å²) in [6.45, 7) is 0.0495. The van der Waals surface area contributed by atoms with Crippen molar-refractivity contribution < 1.29 is 32.0 Å². The van der Waals surface area contributed by atoms with Crippen molar-refractivity contribution in [3.05, 3.63) is 87.7 Å². The second kappa shape index (κ2) is 10.2. The van der Waals surface area contributed by atoms with Crippen LogP contribution in [-0.2, 0) is 16.6 Å². The highest BCUT2D eigenvalue weighted by Gasteiger charge is 2.20. The van der Waals surface area contributed by atoms with Crippen molar-refractivity contribution >= 4 is 27.3 Å². The molecule has 0 atom stereocenters. The quantitative estimate of drug-likeness (QED) is 0.347. The van der Waals surface area contributed by atoms with Crippen LogP contribution in [-0.4, -0.2) is 33.5 Å². The van der Waals surface area contributed by atoms with Crippen LogP contribution in [0, 0.1) is 15.9 Å². The van der Waals surface area contributed by atoms with Crippen molar-refractivity contribution in [2.45, 2.75) is 11.4 Å². The number of halogens is 1. The topological polar surface area (TPSA) is 137 Å². The summed E-state index contributed by atoms with van der Waals surface area (Å²) < 4.78 is 51.4. The molecule has 3 rings (SSSR count). The van der Waals surface area contributed by atoms with E-state index in [2.05, 4.69) is 10.0 Å². The predicted molar refractivity (Wildman–Crippen MR) is 121 cm³/mol. The van der Waals surface area contributed by atoms with E-state index >= 15 is 0 Å². The minimum atomic E-state index is -4.14. The third-order valence-electron chi connectivity index (χ3n) is 4.73. The second-order valence-electron chi connectivity index (χ2n) is 6.92. The Balaban J connectivity index is 1.72. The Hall–Kier alpha value is -4.19. The maximum absolute atomic E-state index is 13.8. The number of hydrogen-bond acceptors (Lipinski definition) is 7. The van der Waals surface area contributed by atoms with E-state index in [-0.39, 0.29) is 39.9 Å². The first-order valence-electron chi connectivity index (χ1n) is 9.70. The van der Waals surface area contributed by atoms with Gasteiger partial charge in [-0.2, -0.15) is 0 Å². The van der Waals surface area contributed by atoms with Crippen molar-refractivity contribution in [1.82, 2.24) is 5.32 Å². The van der Waals surface area contributed by atoms with E-state index < -0.39 is 26.7 Å². The molecule has 0 aliphatic heterocycles. The van der Waals surface area contributed by atoms with Gasteiger partial charge in [0.1, 0.15) is 5.75 Å². The lowest BCUT2D eigenvalue weighted by Gasteiger charge is -2.12. The van der Waals surface area contributed by atoms with Crippen LogP contribution >= 0.6 is 0 Å². The molecular formula is C22H20FN3O7S. The first-order chi connectivity index (χ1) is 16.1. The fourth-order valence-electron chi connectivity index (χ4n) is 2.98. The molecule has 1 amide bonds. The minimum Gasteiger partial charge on any atom is -0.495 e. The van der Waals surface area contributed by atoms with Gasteiger partial charge in [0.25, 0.3) is 21.6 Å². The number of sulfonamides is 1. The van der Waals surface area contributed by atoms with Gasteiger partial charge in [-0.25, -0.2) is 12.8 Å². The number of rotatable bonds is 9. The number of nitro benzene ring substituents is 1. The lowest BCUT2D eigenvalue weighted by atomic mass is 10.2. The smallest absolute Gasteiger partial charge is 0.271 e. The molecule has 0 heterocycles. The molecule has 0 aliphatic rings. The highest BCUT2D eigenvalue weighted by atomic mass is 32.2. The summed E-state index contributed by atoms with van der Waals surface area (Å²) in [5.74, 6) is -0.867. The molecular weight excluding hydrogens is 469 g/mol. The van der Waals surface area contributed by atoms with Gasteiger partial charge in [-0.3, -0.25) is 19.6 Å². The molecule has 2 N–H and O–H groups in total. The van der Waals surface area contributed by atoms with E-state index in [4.69, 9.17) is 9.47 Å². The van der Waals surface area contributed by atoms with Crippen LogP contribution in [0.3, 0.4) is 0 Å². The first kappa shape index (κ1) is 24.5. The Labute approximate surface area is 194 Å². The maximum atomic E-state index is 13.8. The normalized spacial score (nSPS) is 10.9. The molecule has 0 bridgehead atoms. The van der Waals surface area contributed by atoms with Gasteiger partial charge >= 0.3 is 0 Å². The standard InChI is InChI=1S/C22H20FN3O7S/c1-32-20-9-3-14(11-18(20)23)13-24-22(27)15-4-7-17(8-5-15)34(30,31)25-19-12-16(26(28)29)6-10-21(19)33-2/h3-12,25H,13H2,1-2H3,(H,24,27). The van der Waals surface area contributed by atoms with E-state index in [1.54, 1.807) is 6.07 Å². The fraction of sp³-hybridized carbons (Fsp3) is 0.136. The summed E-state index contributed by atoms with van der Waals surface area (Å²) in [6.07, 6.45) is 0. The number of carbonyl (C=O) groups excluding carboxylic acids is 1. The van der Waals surface area contributed by atoms with Crippen LogP contribution in [0.2, 0.25) is 0 Å². The van der Waals surface area contributed by atoms with E-state index in [1.807, 2.05) is 0 Å². The van der Waals surface area contributed by atoms with Crippen LogP contribution in [0.25, 0.3) is 0 Å². The van der Waals surface area contributed by atoms with Crippen molar-refractivity contribution in [3.63, 3.8) is 0 Å². The number of methoxy groups -OCH3 is 2. The largest absolute Gasteiger partial charge is 0.495 e. The molecule has 3 aromatic carbocycles. The van der Waals surface area contributed by atoms with Gasteiger partial charge in [0, 0.05) is 24.2 Å². The number of benzene rings is 3. The van der Waals surface area contributed by atoms with Crippen LogP contribution in [0.4, 0.5) is 15.8 Å². The molecule has 10 nitrogen and oxygen atoms in total. The number of ether oxygens (including phenoxy) is 2.